The maximum absolute atomic E-state index is 6.07. The molecule has 2 N–H and O–H groups in total. The van der Waals surface area contributed by atoms with Crippen LogP contribution in [0, 0.1) is 0 Å². The van der Waals surface area contributed by atoms with Crippen LogP contribution in [0.5, 0.6) is 5.75 Å². The molecule has 1 aromatic carbocycles. The van der Waals surface area contributed by atoms with Crippen LogP contribution in [0.2, 0.25) is 5.02 Å². The molecule has 0 bridgehead atoms. The Balaban J connectivity index is 1.80. The summed E-state index contributed by atoms with van der Waals surface area (Å²) in [5.41, 5.74) is 6.51. The summed E-state index contributed by atoms with van der Waals surface area (Å²) in [6, 6.07) is 5.69. The Bertz CT molecular complexity index is 364. The Hall–Kier alpha value is -0.770. The predicted molar refractivity (Wildman–Crippen MR) is 70.5 cm³/mol. The molecule has 1 saturated heterocycles. The van der Waals surface area contributed by atoms with Crippen molar-refractivity contribution in [1.29, 1.82) is 0 Å². The Kier molecular flexibility index (Phi) is 4.66. The molecule has 3 nitrogen and oxygen atoms in total. The van der Waals surface area contributed by atoms with Crippen molar-refractivity contribution in [3.8, 4) is 5.75 Å². The van der Waals surface area contributed by atoms with Crippen LogP contribution in [-0.2, 0) is 6.54 Å². The van der Waals surface area contributed by atoms with E-state index in [-0.39, 0.29) is 0 Å². The zero-order valence-electron chi connectivity index (χ0n) is 9.99. The first-order chi connectivity index (χ1) is 8.29. The van der Waals surface area contributed by atoms with Crippen LogP contribution in [0.3, 0.4) is 0 Å². The van der Waals surface area contributed by atoms with Gasteiger partial charge in [0.25, 0.3) is 0 Å². The molecule has 0 saturated carbocycles. The highest BCUT2D eigenvalue weighted by molar-refractivity contribution is 6.31. The first-order valence-electron chi connectivity index (χ1n) is 6.13. The highest BCUT2D eigenvalue weighted by atomic mass is 35.5. The monoisotopic (exact) mass is 254 g/mol. The van der Waals surface area contributed by atoms with E-state index in [1.165, 1.54) is 25.9 Å². The van der Waals surface area contributed by atoms with Crippen molar-refractivity contribution in [1.82, 2.24) is 4.90 Å². The van der Waals surface area contributed by atoms with Gasteiger partial charge in [0.15, 0.2) is 0 Å². The van der Waals surface area contributed by atoms with Gasteiger partial charge < -0.3 is 10.5 Å². The van der Waals surface area contributed by atoms with Gasteiger partial charge in [-0.05, 0) is 43.6 Å². The van der Waals surface area contributed by atoms with Crippen LogP contribution in [0.1, 0.15) is 18.4 Å². The SMILES string of the molecule is NCc1ccc(OCCN2CCCC2)cc1Cl. The maximum atomic E-state index is 6.07. The van der Waals surface area contributed by atoms with Crippen LogP contribution in [-0.4, -0.2) is 31.1 Å². The minimum absolute atomic E-state index is 0.465. The average Bonchev–Trinajstić information content (AvgIpc) is 2.82. The van der Waals surface area contributed by atoms with Crippen molar-refractivity contribution in [2.24, 2.45) is 5.73 Å². The summed E-state index contributed by atoms with van der Waals surface area (Å²) in [5.74, 6) is 0.825. The van der Waals surface area contributed by atoms with Crippen LogP contribution in [0.4, 0.5) is 0 Å². The molecule has 4 heteroatoms. The molecule has 1 aromatic rings. The topological polar surface area (TPSA) is 38.5 Å². The van der Waals surface area contributed by atoms with Gasteiger partial charge in [-0.2, -0.15) is 0 Å². The van der Waals surface area contributed by atoms with E-state index in [4.69, 9.17) is 22.1 Å². The molecule has 94 valence electrons. The summed E-state index contributed by atoms with van der Waals surface area (Å²) in [7, 11) is 0. The van der Waals surface area contributed by atoms with Gasteiger partial charge in [0.05, 0.1) is 0 Å². The predicted octanol–water partition coefficient (Wildman–Crippen LogP) is 2.27. The quantitative estimate of drug-likeness (QED) is 0.876. The summed E-state index contributed by atoms with van der Waals surface area (Å²) in [4.78, 5) is 2.43. The van der Waals surface area contributed by atoms with Crippen LogP contribution in [0.25, 0.3) is 0 Å². The first kappa shape index (κ1) is 12.7. The maximum Gasteiger partial charge on any atom is 0.120 e. The molecule has 1 fully saturated rings. The molecule has 0 aliphatic carbocycles. The van der Waals surface area contributed by atoms with Crippen LogP contribution >= 0.6 is 11.6 Å². The van der Waals surface area contributed by atoms with E-state index >= 15 is 0 Å². The van der Waals surface area contributed by atoms with Crippen molar-refractivity contribution in [3.63, 3.8) is 0 Å². The fourth-order valence-electron chi connectivity index (χ4n) is 2.08. The molecule has 0 aromatic heterocycles. The molecule has 1 heterocycles. The third kappa shape index (κ3) is 3.60. The number of likely N-dealkylation sites (tertiary alicyclic amines) is 1. The van der Waals surface area contributed by atoms with E-state index in [0.29, 0.717) is 11.6 Å². The molecule has 1 aliphatic heterocycles. The minimum Gasteiger partial charge on any atom is -0.492 e. The number of nitrogens with zero attached hydrogens (tertiary/aromatic N) is 1. The van der Waals surface area contributed by atoms with E-state index in [9.17, 15) is 0 Å². The Labute approximate surface area is 107 Å². The van der Waals surface area contributed by atoms with Crippen molar-refractivity contribution < 1.29 is 4.74 Å². The van der Waals surface area contributed by atoms with Crippen molar-refractivity contribution in [3.05, 3.63) is 28.8 Å². The minimum atomic E-state index is 0.465. The molecule has 2 rings (SSSR count). The third-order valence-corrected chi connectivity index (χ3v) is 3.47. The van der Waals surface area contributed by atoms with Crippen molar-refractivity contribution >= 4 is 11.6 Å². The number of rotatable bonds is 5. The van der Waals surface area contributed by atoms with Gasteiger partial charge in [-0.15, -0.1) is 0 Å². The average molecular weight is 255 g/mol. The lowest BCUT2D eigenvalue weighted by atomic mass is 10.2. The fourth-order valence-corrected chi connectivity index (χ4v) is 2.33. The van der Waals surface area contributed by atoms with Crippen LogP contribution < -0.4 is 10.5 Å². The Morgan fingerprint density at radius 1 is 1.29 bits per heavy atom. The van der Waals surface area contributed by atoms with Crippen molar-refractivity contribution in [2.45, 2.75) is 19.4 Å². The Morgan fingerprint density at radius 2 is 2.06 bits per heavy atom. The Morgan fingerprint density at radius 3 is 2.71 bits per heavy atom. The second kappa shape index (κ2) is 6.24. The standard InChI is InChI=1S/C13H19ClN2O/c14-13-9-12(4-3-11(13)10-15)17-8-7-16-5-1-2-6-16/h3-4,9H,1-2,5-8,10,15H2. The van der Waals surface area contributed by atoms with Gasteiger partial charge >= 0.3 is 0 Å². The lowest BCUT2D eigenvalue weighted by Crippen LogP contribution is -2.25. The summed E-state index contributed by atoms with van der Waals surface area (Å²) >= 11 is 6.07. The van der Waals surface area contributed by atoms with E-state index in [1.807, 2.05) is 18.2 Å². The van der Waals surface area contributed by atoms with E-state index in [0.717, 1.165) is 24.5 Å². The van der Waals surface area contributed by atoms with Crippen LogP contribution in [0.15, 0.2) is 18.2 Å². The van der Waals surface area contributed by atoms with E-state index in [1.54, 1.807) is 0 Å². The summed E-state index contributed by atoms with van der Waals surface area (Å²) < 4.78 is 5.68. The lowest BCUT2D eigenvalue weighted by molar-refractivity contribution is 0.238. The molecular weight excluding hydrogens is 236 g/mol. The molecule has 0 spiro atoms. The number of halogens is 1. The molecule has 17 heavy (non-hydrogen) atoms. The number of nitrogens with two attached hydrogens (primary N) is 1. The molecule has 1 aliphatic rings. The fraction of sp³-hybridized carbons (Fsp3) is 0.538. The van der Waals surface area contributed by atoms with Gasteiger partial charge in [-0.1, -0.05) is 17.7 Å². The lowest BCUT2D eigenvalue weighted by Gasteiger charge is -2.15. The summed E-state index contributed by atoms with van der Waals surface area (Å²) in [6.07, 6.45) is 2.63. The molecule has 0 amide bonds. The number of hydrogen-bond acceptors (Lipinski definition) is 3. The van der Waals surface area contributed by atoms with E-state index < -0.39 is 0 Å². The molecule has 0 radical (unpaired) electrons. The number of hydrogen-bond donors (Lipinski definition) is 1. The number of benzene rings is 1. The van der Waals surface area contributed by atoms with Gasteiger partial charge in [-0.3, -0.25) is 4.90 Å². The first-order valence-corrected chi connectivity index (χ1v) is 6.51. The molecule has 0 atom stereocenters. The van der Waals surface area contributed by atoms with Gasteiger partial charge in [0.2, 0.25) is 0 Å². The van der Waals surface area contributed by atoms with Crippen molar-refractivity contribution in [2.75, 3.05) is 26.2 Å². The normalized spacial score (nSPS) is 16.4. The van der Waals surface area contributed by atoms with Gasteiger partial charge in [-0.25, -0.2) is 0 Å². The van der Waals surface area contributed by atoms with E-state index in [2.05, 4.69) is 4.90 Å². The smallest absolute Gasteiger partial charge is 0.120 e. The summed E-state index contributed by atoms with van der Waals surface area (Å²) in [5, 5.41) is 0.686. The zero-order valence-corrected chi connectivity index (χ0v) is 10.7. The zero-order chi connectivity index (χ0) is 12.1. The number of ether oxygens (including phenoxy) is 1. The second-order valence-electron chi connectivity index (χ2n) is 4.35. The third-order valence-electron chi connectivity index (χ3n) is 3.12. The highest BCUT2D eigenvalue weighted by Crippen LogP contribution is 2.22. The van der Waals surface area contributed by atoms with Gasteiger partial charge in [0.1, 0.15) is 12.4 Å². The largest absolute Gasteiger partial charge is 0.492 e. The highest BCUT2D eigenvalue weighted by Gasteiger charge is 2.10. The van der Waals surface area contributed by atoms with Gasteiger partial charge in [0, 0.05) is 18.1 Å². The summed E-state index contributed by atoms with van der Waals surface area (Å²) in [6.45, 7) is 4.59. The molecular formula is C13H19ClN2O. The molecule has 0 unspecified atom stereocenters. The second-order valence-corrected chi connectivity index (χ2v) is 4.76.